The average molecular weight is 326 g/mol. The third-order valence-corrected chi connectivity index (χ3v) is 3.82. The molecule has 2 aromatic heterocycles. The van der Waals surface area contributed by atoms with Gasteiger partial charge in [-0.2, -0.15) is 0 Å². The fourth-order valence-corrected chi connectivity index (χ4v) is 2.54. The summed E-state index contributed by atoms with van der Waals surface area (Å²) in [5.41, 5.74) is 1.24. The molecule has 0 aliphatic carbocycles. The normalized spacial score (nSPS) is 11.3. The fourth-order valence-electron chi connectivity index (χ4n) is 2.02. The van der Waals surface area contributed by atoms with E-state index in [1.807, 2.05) is 24.3 Å². The number of hydrogen-bond donors (Lipinski definition) is 1. The summed E-state index contributed by atoms with van der Waals surface area (Å²) in [5.74, 6) is 1.08. The maximum Gasteiger partial charge on any atom is 0.258 e. The Balaban J connectivity index is 1.94. The van der Waals surface area contributed by atoms with Gasteiger partial charge in [0.25, 0.3) is 5.91 Å². The summed E-state index contributed by atoms with van der Waals surface area (Å²) < 4.78 is 10.5. The van der Waals surface area contributed by atoms with Crippen molar-refractivity contribution in [2.24, 2.45) is 0 Å². The molecular weight excluding hydrogens is 312 g/mol. The monoisotopic (exact) mass is 326 g/mol. The number of nitrogens with zero attached hydrogens (tertiary/aromatic N) is 1. The first kappa shape index (κ1) is 15.1. The molecule has 0 fully saturated rings. The summed E-state index contributed by atoms with van der Waals surface area (Å²) in [4.78, 5) is 16.7. The second-order valence-corrected chi connectivity index (χ2v) is 5.49. The van der Waals surface area contributed by atoms with Gasteiger partial charge in [-0.15, -0.1) is 11.3 Å². The van der Waals surface area contributed by atoms with Crippen molar-refractivity contribution in [3.8, 4) is 5.75 Å². The molecule has 1 aromatic carbocycles. The van der Waals surface area contributed by atoms with E-state index in [1.165, 1.54) is 11.3 Å². The summed E-state index contributed by atoms with van der Waals surface area (Å²) in [6.45, 7) is 0. The molecule has 0 aliphatic rings. The van der Waals surface area contributed by atoms with Gasteiger partial charge < -0.3 is 9.15 Å². The quantitative estimate of drug-likeness (QED) is 0.722. The molecule has 3 aromatic rings. The number of carbonyl (C=O) groups is 1. The van der Waals surface area contributed by atoms with Crippen LogP contribution in [0.3, 0.4) is 0 Å². The minimum Gasteiger partial charge on any atom is -0.497 e. The molecule has 0 saturated carbocycles. The van der Waals surface area contributed by atoms with Gasteiger partial charge in [-0.05, 0) is 35.9 Å². The van der Waals surface area contributed by atoms with Gasteiger partial charge in [-0.1, -0.05) is 12.1 Å². The molecule has 23 heavy (non-hydrogen) atoms. The highest BCUT2D eigenvalue weighted by atomic mass is 32.1. The molecule has 3 rings (SSSR count). The van der Waals surface area contributed by atoms with E-state index in [1.54, 1.807) is 43.2 Å². The first-order valence-corrected chi connectivity index (χ1v) is 7.75. The van der Waals surface area contributed by atoms with Gasteiger partial charge in [-0.25, -0.2) is 4.98 Å². The highest BCUT2D eigenvalue weighted by Crippen LogP contribution is 2.23. The van der Waals surface area contributed by atoms with Gasteiger partial charge in [0.15, 0.2) is 5.13 Å². The van der Waals surface area contributed by atoms with Crippen LogP contribution in [0.1, 0.15) is 11.3 Å². The van der Waals surface area contributed by atoms with Crippen LogP contribution < -0.4 is 10.1 Å². The van der Waals surface area contributed by atoms with Crippen LogP contribution in [0.15, 0.2) is 58.7 Å². The molecule has 6 heteroatoms. The van der Waals surface area contributed by atoms with Crippen molar-refractivity contribution < 1.29 is 13.9 Å². The summed E-state index contributed by atoms with van der Waals surface area (Å²) in [6.07, 6.45) is 4.91. The fraction of sp³-hybridized carbons (Fsp3) is 0.0588. The van der Waals surface area contributed by atoms with Crippen LogP contribution in [-0.4, -0.2) is 18.0 Å². The number of thiazole rings is 1. The molecule has 0 radical (unpaired) electrons. The van der Waals surface area contributed by atoms with E-state index in [2.05, 4.69) is 10.3 Å². The third-order valence-electron chi connectivity index (χ3n) is 3.13. The highest BCUT2D eigenvalue weighted by molar-refractivity contribution is 7.13. The predicted molar refractivity (Wildman–Crippen MR) is 90.3 cm³/mol. The number of anilines is 1. The van der Waals surface area contributed by atoms with Crippen molar-refractivity contribution in [3.63, 3.8) is 0 Å². The molecule has 116 valence electrons. The summed E-state index contributed by atoms with van der Waals surface area (Å²) >= 11 is 1.36. The number of aromatic nitrogens is 1. The lowest BCUT2D eigenvalue weighted by atomic mass is 10.0. The standard InChI is InChI=1S/C17H14N2O3S/c1-21-13-6-4-12(5-7-13)15(11-14-3-2-9-22-14)16(20)19-17-18-8-10-23-17/h2-11H,1H3,(H,18,19,20)/b15-11+. The highest BCUT2D eigenvalue weighted by Gasteiger charge is 2.14. The average Bonchev–Trinajstić information content (AvgIpc) is 3.26. The SMILES string of the molecule is COc1ccc(/C(=C\c2ccco2)C(=O)Nc2nccs2)cc1. The van der Waals surface area contributed by atoms with Gasteiger partial charge in [0, 0.05) is 11.6 Å². The number of furan rings is 1. The van der Waals surface area contributed by atoms with Crippen LogP contribution >= 0.6 is 11.3 Å². The van der Waals surface area contributed by atoms with Crippen molar-refractivity contribution in [1.29, 1.82) is 0 Å². The Bertz CT molecular complexity index is 791. The van der Waals surface area contributed by atoms with Crippen LogP contribution in [0.25, 0.3) is 11.6 Å². The minimum atomic E-state index is -0.249. The second-order valence-electron chi connectivity index (χ2n) is 4.59. The Morgan fingerprint density at radius 2 is 2.13 bits per heavy atom. The Labute approximate surface area is 137 Å². The number of hydrogen-bond acceptors (Lipinski definition) is 5. The van der Waals surface area contributed by atoms with Gasteiger partial charge in [0.05, 0.1) is 18.9 Å². The lowest BCUT2D eigenvalue weighted by Crippen LogP contribution is -2.13. The third kappa shape index (κ3) is 3.67. The van der Waals surface area contributed by atoms with Crippen LogP contribution in [-0.2, 0) is 4.79 Å². The van der Waals surface area contributed by atoms with E-state index in [0.29, 0.717) is 16.5 Å². The van der Waals surface area contributed by atoms with E-state index in [4.69, 9.17) is 9.15 Å². The predicted octanol–water partition coefficient (Wildman–Crippen LogP) is 3.92. The molecule has 0 atom stereocenters. The van der Waals surface area contributed by atoms with E-state index in [0.717, 1.165) is 11.3 Å². The van der Waals surface area contributed by atoms with Gasteiger partial charge in [-0.3, -0.25) is 10.1 Å². The molecule has 5 nitrogen and oxygen atoms in total. The van der Waals surface area contributed by atoms with Gasteiger partial charge in [0.2, 0.25) is 0 Å². The number of methoxy groups -OCH3 is 1. The van der Waals surface area contributed by atoms with Crippen LogP contribution in [0, 0.1) is 0 Å². The van der Waals surface area contributed by atoms with Crippen molar-refractivity contribution in [1.82, 2.24) is 4.98 Å². The van der Waals surface area contributed by atoms with E-state index >= 15 is 0 Å². The zero-order valence-electron chi connectivity index (χ0n) is 12.4. The maximum atomic E-state index is 12.6. The zero-order valence-corrected chi connectivity index (χ0v) is 13.2. The second kappa shape index (κ2) is 6.93. The summed E-state index contributed by atoms with van der Waals surface area (Å²) in [7, 11) is 1.60. The number of nitrogens with one attached hydrogen (secondary N) is 1. The zero-order chi connectivity index (χ0) is 16.1. The molecular formula is C17H14N2O3S. The number of ether oxygens (including phenoxy) is 1. The van der Waals surface area contributed by atoms with Crippen molar-refractivity contribution in [2.45, 2.75) is 0 Å². The molecule has 0 saturated heterocycles. The molecule has 1 amide bonds. The lowest BCUT2D eigenvalue weighted by Gasteiger charge is -2.08. The number of amides is 1. The lowest BCUT2D eigenvalue weighted by molar-refractivity contribution is -0.111. The largest absolute Gasteiger partial charge is 0.497 e. The Morgan fingerprint density at radius 3 is 2.74 bits per heavy atom. The van der Waals surface area contributed by atoms with Crippen molar-refractivity contribution >= 4 is 34.0 Å². The smallest absolute Gasteiger partial charge is 0.258 e. The molecule has 0 aliphatic heterocycles. The number of rotatable bonds is 5. The van der Waals surface area contributed by atoms with E-state index in [9.17, 15) is 4.79 Å². The number of carbonyl (C=O) groups excluding carboxylic acids is 1. The summed E-state index contributed by atoms with van der Waals surface area (Å²) in [6, 6.07) is 10.8. The van der Waals surface area contributed by atoms with Crippen LogP contribution in [0.2, 0.25) is 0 Å². The molecule has 2 heterocycles. The molecule has 0 bridgehead atoms. The van der Waals surface area contributed by atoms with Crippen molar-refractivity contribution in [2.75, 3.05) is 12.4 Å². The van der Waals surface area contributed by atoms with E-state index in [-0.39, 0.29) is 5.91 Å². The Kier molecular flexibility index (Phi) is 4.54. The van der Waals surface area contributed by atoms with Crippen LogP contribution in [0.5, 0.6) is 5.75 Å². The topological polar surface area (TPSA) is 64.4 Å². The van der Waals surface area contributed by atoms with E-state index < -0.39 is 0 Å². The first-order chi connectivity index (χ1) is 11.3. The molecule has 0 unspecified atom stereocenters. The van der Waals surface area contributed by atoms with Gasteiger partial charge >= 0.3 is 0 Å². The van der Waals surface area contributed by atoms with Crippen molar-refractivity contribution in [3.05, 3.63) is 65.6 Å². The summed E-state index contributed by atoms with van der Waals surface area (Å²) in [5, 5.41) is 5.14. The molecule has 0 spiro atoms. The van der Waals surface area contributed by atoms with Crippen LogP contribution in [0.4, 0.5) is 5.13 Å². The molecule has 1 N–H and O–H groups in total. The Morgan fingerprint density at radius 1 is 1.30 bits per heavy atom. The van der Waals surface area contributed by atoms with Gasteiger partial charge in [0.1, 0.15) is 11.5 Å². The number of benzene rings is 1. The minimum absolute atomic E-state index is 0.249. The maximum absolute atomic E-state index is 12.6. The Hall–Kier alpha value is -2.86. The first-order valence-electron chi connectivity index (χ1n) is 6.87.